The van der Waals surface area contributed by atoms with Gasteiger partial charge in [0, 0.05) is 0 Å². The second-order valence-corrected chi connectivity index (χ2v) is 4.38. The number of hydrogen-bond acceptors (Lipinski definition) is 2. The topological polar surface area (TPSA) is 57.5 Å². The van der Waals surface area contributed by atoms with Gasteiger partial charge in [0.15, 0.2) is 0 Å². The summed E-state index contributed by atoms with van der Waals surface area (Å²) in [5.41, 5.74) is 0.822. The molecule has 1 fully saturated rings. The van der Waals surface area contributed by atoms with Crippen molar-refractivity contribution in [1.29, 1.82) is 0 Å². The van der Waals surface area contributed by atoms with Gasteiger partial charge in [-0.15, -0.1) is 0 Å². The number of hydrogen-bond donors (Lipinski definition) is 2. The van der Waals surface area contributed by atoms with E-state index in [1.807, 2.05) is 6.07 Å². The number of para-hydroxylation sites is 1. The van der Waals surface area contributed by atoms with Crippen LogP contribution in [0.15, 0.2) is 18.2 Å². The van der Waals surface area contributed by atoms with E-state index in [1.165, 1.54) is 25.3 Å². The van der Waals surface area contributed by atoms with Gasteiger partial charge in [-0.3, -0.25) is 0 Å². The largest absolute Gasteiger partial charge is 0.507 e. The highest BCUT2D eigenvalue weighted by molar-refractivity contribution is 5.91. The molecule has 0 spiro atoms. The second-order valence-electron chi connectivity index (χ2n) is 4.38. The summed E-state index contributed by atoms with van der Waals surface area (Å²) in [6.45, 7) is 0. The van der Waals surface area contributed by atoms with Gasteiger partial charge in [0.1, 0.15) is 11.3 Å². The summed E-state index contributed by atoms with van der Waals surface area (Å²) in [4.78, 5) is 10.9. The number of rotatable bonds is 2. The third kappa shape index (κ3) is 2.03. The lowest BCUT2D eigenvalue weighted by atomic mass is 9.83. The predicted molar refractivity (Wildman–Crippen MR) is 60.9 cm³/mol. The van der Waals surface area contributed by atoms with Gasteiger partial charge < -0.3 is 10.2 Å². The average Bonchev–Trinajstić information content (AvgIpc) is 2.30. The Labute approximate surface area is 94.7 Å². The van der Waals surface area contributed by atoms with Crippen LogP contribution in [-0.4, -0.2) is 16.2 Å². The maximum atomic E-state index is 10.9. The summed E-state index contributed by atoms with van der Waals surface area (Å²) in [7, 11) is 0. The molecule has 0 heterocycles. The SMILES string of the molecule is O=C(O)c1cccc(C2CCCCC2)c1O. The molecule has 0 unspecified atom stereocenters. The molecule has 0 radical (unpaired) electrons. The van der Waals surface area contributed by atoms with E-state index < -0.39 is 5.97 Å². The lowest BCUT2D eigenvalue weighted by molar-refractivity contribution is 0.0693. The zero-order valence-electron chi connectivity index (χ0n) is 9.15. The molecule has 0 aliphatic heterocycles. The molecule has 0 aromatic heterocycles. The van der Waals surface area contributed by atoms with Gasteiger partial charge in [-0.25, -0.2) is 4.79 Å². The molecule has 0 saturated heterocycles. The molecule has 1 saturated carbocycles. The van der Waals surface area contributed by atoms with Crippen molar-refractivity contribution in [1.82, 2.24) is 0 Å². The lowest BCUT2D eigenvalue weighted by Gasteiger charge is -2.23. The molecule has 3 nitrogen and oxygen atoms in total. The van der Waals surface area contributed by atoms with Gasteiger partial charge >= 0.3 is 5.97 Å². The normalized spacial score (nSPS) is 17.2. The molecule has 1 aromatic carbocycles. The second kappa shape index (κ2) is 4.56. The van der Waals surface area contributed by atoms with Gasteiger partial charge in [0.2, 0.25) is 0 Å². The molecule has 16 heavy (non-hydrogen) atoms. The Morgan fingerprint density at radius 2 is 1.88 bits per heavy atom. The van der Waals surface area contributed by atoms with Gasteiger partial charge in [-0.1, -0.05) is 31.4 Å². The summed E-state index contributed by atoms with van der Waals surface area (Å²) < 4.78 is 0. The Morgan fingerprint density at radius 3 is 2.50 bits per heavy atom. The summed E-state index contributed by atoms with van der Waals surface area (Å²) in [5.74, 6) is -0.773. The number of benzene rings is 1. The Hall–Kier alpha value is -1.51. The smallest absolute Gasteiger partial charge is 0.339 e. The lowest BCUT2D eigenvalue weighted by Crippen LogP contribution is -2.07. The fourth-order valence-corrected chi connectivity index (χ4v) is 2.48. The third-order valence-electron chi connectivity index (χ3n) is 3.34. The average molecular weight is 220 g/mol. The highest BCUT2D eigenvalue weighted by Gasteiger charge is 2.21. The Morgan fingerprint density at radius 1 is 1.19 bits per heavy atom. The Kier molecular flexibility index (Phi) is 3.13. The molecule has 3 heteroatoms. The van der Waals surface area contributed by atoms with E-state index in [-0.39, 0.29) is 11.3 Å². The number of carboxylic acids is 1. The fraction of sp³-hybridized carbons (Fsp3) is 0.462. The van der Waals surface area contributed by atoms with E-state index in [4.69, 9.17) is 5.11 Å². The van der Waals surface area contributed by atoms with E-state index in [0.29, 0.717) is 5.92 Å². The first-order valence-electron chi connectivity index (χ1n) is 5.75. The van der Waals surface area contributed by atoms with Crippen molar-refractivity contribution in [2.24, 2.45) is 0 Å². The zero-order chi connectivity index (χ0) is 11.5. The zero-order valence-corrected chi connectivity index (χ0v) is 9.15. The maximum Gasteiger partial charge on any atom is 0.339 e. The van der Waals surface area contributed by atoms with Crippen molar-refractivity contribution in [3.8, 4) is 5.75 Å². The number of aromatic carboxylic acids is 1. The van der Waals surface area contributed by atoms with Gasteiger partial charge in [0.05, 0.1) is 0 Å². The van der Waals surface area contributed by atoms with Crippen LogP contribution in [0.5, 0.6) is 5.75 Å². The first-order chi connectivity index (χ1) is 7.70. The predicted octanol–water partition coefficient (Wildman–Crippen LogP) is 3.14. The Bertz CT molecular complexity index is 392. The van der Waals surface area contributed by atoms with E-state index in [0.717, 1.165) is 18.4 Å². The van der Waals surface area contributed by atoms with Crippen LogP contribution in [0.1, 0.15) is 53.9 Å². The molecular weight excluding hydrogens is 204 g/mol. The highest BCUT2D eigenvalue weighted by atomic mass is 16.4. The quantitative estimate of drug-likeness (QED) is 0.805. The van der Waals surface area contributed by atoms with Gasteiger partial charge in [-0.2, -0.15) is 0 Å². The van der Waals surface area contributed by atoms with E-state index in [1.54, 1.807) is 6.07 Å². The first kappa shape index (κ1) is 11.0. The first-order valence-corrected chi connectivity index (χ1v) is 5.75. The van der Waals surface area contributed by atoms with E-state index >= 15 is 0 Å². The monoisotopic (exact) mass is 220 g/mol. The van der Waals surface area contributed by atoms with Crippen LogP contribution in [0.25, 0.3) is 0 Å². The minimum Gasteiger partial charge on any atom is -0.507 e. The van der Waals surface area contributed by atoms with Crippen LogP contribution in [0, 0.1) is 0 Å². The van der Waals surface area contributed by atoms with Crippen LogP contribution in [-0.2, 0) is 0 Å². The van der Waals surface area contributed by atoms with E-state index in [2.05, 4.69) is 0 Å². The molecule has 86 valence electrons. The molecule has 2 N–H and O–H groups in total. The minimum atomic E-state index is -1.06. The molecular formula is C13H16O3. The molecule has 1 aromatic rings. The molecule has 1 aliphatic rings. The molecule has 0 atom stereocenters. The molecule has 0 amide bonds. The summed E-state index contributed by atoms with van der Waals surface area (Å²) in [6.07, 6.45) is 5.69. The van der Waals surface area contributed by atoms with E-state index in [9.17, 15) is 9.90 Å². The molecule has 0 bridgehead atoms. The van der Waals surface area contributed by atoms with Gasteiger partial charge in [-0.05, 0) is 30.4 Å². The highest BCUT2D eigenvalue weighted by Crippen LogP contribution is 2.38. The third-order valence-corrected chi connectivity index (χ3v) is 3.34. The number of aromatic hydroxyl groups is 1. The van der Waals surface area contributed by atoms with Crippen molar-refractivity contribution in [2.75, 3.05) is 0 Å². The van der Waals surface area contributed by atoms with Crippen LogP contribution < -0.4 is 0 Å². The number of carboxylic acid groups (broad SMARTS) is 1. The standard InChI is InChI=1S/C13H16O3/c14-12-10(9-5-2-1-3-6-9)7-4-8-11(12)13(15)16/h4,7-9,14H,1-3,5-6H2,(H,15,16). The van der Waals surface area contributed by atoms with Crippen LogP contribution in [0.2, 0.25) is 0 Å². The van der Waals surface area contributed by atoms with Crippen molar-refractivity contribution in [3.05, 3.63) is 29.3 Å². The van der Waals surface area contributed by atoms with Crippen molar-refractivity contribution in [3.63, 3.8) is 0 Å². The molecule has 2 rings (SSSR count). The molecule has 1 aliphatic carbocycles. The van der Waals surface area contributed by atoms with Gasteiger partial charge in [0.25, 0.3) is 0 Å². The minimum absolute atomic E-state index is 0.0167. The maximum absolute atomic E-state index is 10.9. The number of carbonyl (C=O) groups is 1. The van der Waals surface area contributed by atoms with Crippen molar-refractivity contribution >= 4 is 5.97 Å². The fourth-order valence-electron chi connectivity index (χ4n) is 2.48. The summed E-state index contributed by atoms with van der Waals surface area (Å²) in [6, 6.07) is 5.01. The van der Waals surface area contributed by atoms with Crippen LogP contribution in [0.4, 0.5) is 0 Å². The summed E-state index contributed by atoms with van der Waals surface area (Å²) in [5, 5.41) is 18.9. The van der Waals surface area contributed by atoms with Crippen LogP contribution >= 0.6 is 0 Å². The summed E-state index contributed by atoms with van der Waals surface area (Å²) >= 11 is 0. The van der Waals surface area contributed by atoms with Crippen molar-refractivity contribution < 1.29 is 15.0 Å². The Balaban J connectivity index is 2.33. The number of phenols is 1. The van der Waals surface area contributed by atoms with Crippen LogP contribution in [0.3, 0.4) is 0 Å². The van der Waals surface area contributed by atoms with Crippen molar-refractivity contribution in [2.45, 2.75) is 38.0 Å².